The summed E-state index contributed by atoms with van der Waals surface area (Å²) in [5.41, 5.74) is -0.801. The van der Waals surface area contributed by atoms with Crippen LogP contribution in [0.1, 0.15) is 33.6 Å². The van der Waals surface area contributed by atoms with E-state index in [1.165, 1.54) is 7.11 Å². The lowest BCUT2D eigenvalue weighted by molar-refractivity contribution is -0.875. The van der Waals surface area contributed by atoms with Crippen LogP contribution >= 0.6 is 0 Å². The highest BCUT2D eigenvalue weighted by molar-refractivity contribution is 5.80. The predicted octanol–water partition coefficient (Wildman–Crippen LogP) is 1.37. The number of aliphatic hydroxyl groups is 1. The van der Waals surface area contributed by atoms with E-state index in [0.717, 1.165) is 18.4 Å². The summed E-state index contributed by atoms with van der Waals surface area (Å²) in [4.78, 5) is 12.4. The first-order valence-electron chi connectivity index (χ1n) is 7.94. The Morgan fingerprint density at radius 2 is 2.23 bits per heavy atom. The van der Waals surface area contributed by atoms with Crippen molar-refractivity contribution in [1.82, 2.24) is 0 Å². The van der Waals surface area contributed by atoms with E-state index in [-0.39, 0.29) is 23.2 Å². The van der Waals surface area contributed by atoms with Crippen LogP contribution in [0.2, 0.25) is 0 Å². The van der Waals surface area contributed by atoms with Crippen molar-refractivity contribution >= 4 is 5.97 Å². The Bertz CT molecular complexity index is 463. The maximum absolute atomic E-state index is 12.5. The van der Waals surface area contributed by atoms with Crippen molar-refractivity contribution in [3.8, 4) is 0 Å². The highest BCUT2D eigenvalue weighted by Crippen LogP contribution is 2.36. The van der Waals surface area contributed by atoms with Gasteiger partial charge >= 0.3 is 5.97 Å². The number of nitrogens with zero attached hydrogens (tertiary/aromatic N) is 1. The number of methoxy groups -OCH3 is 1. The third-order valence-electron chi connectivity index (χ3n) is 5.22. The zero-order valence-electron chi connectivity index (χ0n) is 13.9. The highest BCUT2D eigenvalue weighted by Gasteiger charge is 2.47. The number of hydrogen-bond acceptors (Lipinski definition) is 5. The Labute approximate surface area is 131 Å². The lowest BCUT2D eigenvalue weighted by atomic mass is 9.85. The molecule has 6 nitrogen and oxygen atoms in total. The van der Waals surface area contributed by atoms with Crippen LogP contribution in [0.3, 0.4) is 0 Å². The molecule has 2 aliphatic rings. The molecule has 1 N–H and O–H groups in total. The lowest BCUT2D eigenvalue weighted by Gasteiger charge is -2.40. The zero-order valence-corrected chi connectivity index (χ0v) is 13.9. The second-order valence-electron chi connectivity index (χ2n) is 6.73. The van der Waals surface area contributed by atoms with E-state index >= 15 is 0 Å². The SMILES string of the molecule is CO[C@H](C)[C@](O)(C(=O)OCC1=CC[N@@+]2([O-])CCC[C@@H]12)C(C)C. The Morgan fingerprint density at radius 1 is 1.55 bits per heavy atom. The summed E-state index contributed by atoms with van der Waals surface area (Å²) in [5.74, 6) is -1.03. The maximum atomic E-state index is 12.5. The standard InChI is InChI=1S/C16H27NO5/c1-11(2)16(19,12(3)21-4)15(18)22-10-13-7-9-17(20)8-5-6-14(13)17/h7,11-12,14,19H,5-6,8-10H2,1-4H3/t12-,14+,16+,17+/m1/s1. The minimum Gasteiger partial charge on any atom is -0.632 e. The normalized spacial score (nSPS) is 31.6. The summed E-state index contributed by atoms with van der Waals surface area (Å²) in [5, 5.41) is 23.1. The molecule has 2 aliphatic heterocycles. The van der Waals surface area contributed by atoms with Crippen LogP contribution in [-0.2, 0) is 14.3 Å². The van der Waals surface area contributed by atoms with Gasteiger partial charge in [0.15, 0.2) is 5.60 Å². The molecule has 22 heavy (non-hydrogen) atoms. The molecular formula is C16H27NO5. The fourth-order valence-electron chi connectivity index (χ4n) is 3.53. The average molecular weight is 313 g/mol. The van der Waals surface area contributed by atoms with E-state index in [1.807, 2.05) is 6.08 Å². The first-order chi connectivity index (χ1) is 10.3. The van der Waals surface area contributed by atoms with Gasteiger partial charge < -0.3 is 24.4 Å². The number of ether oxygens (including phenoxy) is 2. The number of quaternary nitrogens is 1. The van der Waals surface area contributed by atoms with Gasteiger partial charge in [-0.05, 0) is 18.9 Å². The fourth-order valence-corrected chi connectivity index (χ4v) is 3.53. The third kappa shape index (κ3) is 2.80. The number of esters is 1. The van der Waals surface area contributed by atoms with E-state index in [0.29, 0.717) is 13.1 Å². The molecule has 4 atom stereocenters. The highest BCUT2D eigenvalue weighted by atomic mass is 16.6. The lowest BCUT2D eigenvalue weighted by Crippen LogP contribution is -2.54. The van der Waals surface area contributed by atoms with Gasteiger partial charge in [-0.3, -0.25) is 0 Å². The Balaban J connectivity index is 2.00. The molecule has 0 amide bonds. The van der Waals surface area contributed by atoms with Crippen molar-refractivity contribution in [2.75, 3.05) is 26.8 Å². The van der Waals surface area contributed by atoms with Crippen LogP contribution in [-0.4, -0.2) is 60.3 Å². The molecule has 0 unspecified atom stereocenters. The van der Waals surface area contributed by atoms with Crippen LogP contribution < -0.4 is 0 Å². The quantitative estimate of drug-likeness (QED) is 0.347. The molecule has 1 fully saturated rings. The summed E-state index contributed by atoms with van der Waals surface area (Å²) in [6.45, 7) is 6.32. The maximum Gasteiger partial charge on any atom is 0.341 e. The van der Waals surface area contributed by atoms with Crippen molar-refractivity contribution in [2.24, 2.45) is 5.92 Å². The predicted molar refractivity (Wildman–Crippen MR) is 81.7 cm³/mol. The number of hydrogen-bond donors (Lipinski definition) is 1. The molecule has 126 valence electrons. The summed E-state index contributed by atoms with van der Waals surface area (Å²) in [7, 11) is 1.45. The first-order valence-corrected chi connectivity index (χ1v) is 7.94. The monoisotopic (exact) mass is 313 g/mol. The molecule has 0 bridgehead atoms. The molecule has 0 aliphatic carbocycles. The number of hydroxylamine groups is 3. The molecule has 2 rings (SSSR count). The minimum absolute atomic E-state index is 0.0806. The summed E-state index contributed by atoms with van der Waals surface area (Å²) in [6, 6.07) is -0.0835. The van der Waals surface area contributed by atoms with Gasteiger partial charge in [0.1, 0.15) is 12.6 Å². The van der Waals surface area contributed by atoms with Crippen molar-refractivity contribution in [2.45, 2.75) is 51.4 Å². The molecule has 6 heteroatoms. The molecule has 2 heterocycles. The van der Waals surface area contributed by atoms with Crippen LogP contribution in [0, 0.1) is 11.1 Å². The molecule has 0 aromatic rings. The van der Waals surface area contributed by atoms with Gasteiger partial charge in [0.25, 0.3) is 0 Å². The van der Waals surface area contributed by atoms with E-state index in [4.69, 9.17) is 9.47 Å². The average Bonchev–Trinajstić information content (AvgIpc) is 2.99. The Hall–Kier alpha value is -0.950. The Morgan fingerprint density at radius 3 is 2.82 bits per heavy atom. The molecule has 1 saturated heterocycles. The zero-order chi connectivity index (χ0) is 16.5. The van der Waals surface area contributed by atoms with Crippen molar-refractivity contribution in [1.29, 1.82) is 0 Å². The van der Waals surface area contributed by atoms with Crippen LogP contribution in [0.5, 0.6) is 0 Å². The van der Waals surface area contributed by atoms with Gasteiger partial charge in [-0.15, -0.1) is 0 Å². The largest absolute Gasteiger partial charge is 0.632 e. The van der Waals surface area contributed by atoms with Gasteiger partial charge in [0, 0.05) is 25.5 Å². The molecular weight excluding hydrogens is 286 g/mol. The summed E-state index contributed by atoms with van der Waals surface area (Å²) in [6.07, 6.45) is 2.97. The molecule has 0 radical (unpaired) electrons. The van der Waals surface area contributed by atoms with Gasteiger partial charge in [0.05, 0.1) is 19.2 Å². The molecule has 0 saturated carbocycles. The van der Waals surface area contributed by atoms with Crippen molar-refractivity contribution < 1.29 is 24.0 Å². The fraction of sp³-hybridized carbons (Fsp3) is 0.812. The van der Waals surface area contributed by atoms with Gasteiger partial charge in [0.2, 0.25) is 0 Å². The third-order valence-corrected chi connectivity index (χ3v) is 5.22. The van der Waals surface area contributed by atoms with Crippen molar-refractivity contribution in [3.63, 3.8) is 0 Å². The van der Waals surface area contributed by atoms with Crippen LogP contribution in [0.15, 0.2) is 11.6 Å². The Kier molecular flexibility index (Phi) is 4.96. The number of carbonyl (C=O) groups excluding carboxylic acids is 1. The van der Waals surface area contributed by atoms with Gasteiger partial charge in [-0.2, -0.15) is 0 Å². The number of carbonyl (C=O) groups is 1. The van der Waals surface area contributed by atoms with Crippen molar-refractivity contribution in [3.05, 3.63) is 16.9 Å². The summed E-state index contributed by atoms with van der Waals surface area (Å²) < 4.78 is 10.3. The van der Waals surface area contributed by atoms with Crippen LogP contribution in [0.4, 0.5) is 0 Å². The van der Waals surface area contributed by atoms with E-state index in [2.05, 4.69) is 0 Å². The minimum atomic E-state index is -1.69. The van der Waals surface area contributed by atoms with Crippen LogP contribution in [0.25, 0.3) is 0 Å². The van der Waals surface area contributed by atoms with E-state index in [1.54, 1.807) is 20.8 Å². The first kappa shape index (κ1) is 17.4. The van der Waals surface area contributed by atoms with E-state index in [9.17, 15) is 15.1 Å². The molecule has 0 aromatic carbocycles. The second-order valence-corrected chi connectivity index (χ2v) is 6.73. The van der Waals surface area contributed by atoms with Gasteiger partial charge in [-0.25, -0.2) is 4.79 Å². The topological polar surface area (TPSA) is 78.8 Å². The number of fused-ring (bicyclic) bond motifs is 1. The second kappa shape index (κ2) is 6.28. The summed E-state index contributed by atoms with van der Waals surface area (Å²) >= 11 is 0. The molecule has 0 aromatic heterocycles. The molecule has 0 spiro atoms. The smallest absolute Gasteiger partial charge is 0.341 e. The van der Waals surface area contributed by atoms with Gasteiger partial charge in [-0.1, -0.05) is 13.8 Å². The van der Waals surface area contributed by atoms with E-state index < -0.39 is 17.7 Å². The number of rotatable bonds is 6.